The topological polar surface area (TPSA) is 353 Å². The molecular weight excluding hydrogens is 903 g/mol. The van der Waals surface area contributed by atoms with E-state index in [0.29, 0.717) is 37.0 Å². The van der Waals surface area contributed by atoms with Crippen molar-refractivity contribution in [2.45, 2.75) is 142 Å². The Morgan fingerprint density at radius 1 is 0.662 bits per heavy atom. The maximum absolute atomic E-state index is 14.0. The van der Waals surface area contributed by atoms with Crippen molar-refractivity contribution >= 4 is 77.4 Å². The molecule has 1 aromatic rings. The number of hydrogen-bond donors (Lipinski definition) is 11. The second-order valence-corrected chi connectivity index (χ2v) is 17.5. The molecule has 9 amide bonds. The number of ketones is 2. The zero-order valence-corrected chi connectivity index (χ0v) is 40.9. The van der Waals surface area contributed by atoms with Crippen molar-refractivity contribution in [1.29, 1.82) is 0 Å². The number of benzene rings is 1. The predicted octanol–water partition coefficient (Wildman–Crippen LogP) is -1.67. The van der Waals surface area contributed by atoms with Crippen LogP contribution < -0.4 is 54.6 Å². The summed E-state index contributed by atoms with van der Waals surface area (Å²) < 4.78 is 0. The fourth-order valence-corrected chi connectivity index (χ4v) is 6.83. The number of carbonyl (C=O) groups is 11. The zero-order valence-electron chi connectivity index (χ0n) is 40.0. The van der Waals surface area contributed by atoms with Crippen LogP contribution in [-0.4, -0.2) is 131 Å². The number of carbonyl (C=O) groups excluding carboxylic acids is 11. The molecule has 0 aliphatic rings. The summed E-state index contributed by atoms with van der Waals surface area (Å²) in [7, 11) is 0. The van der Waals surface area contributed by atoms with E-state index in [-0.39, 0.29) is 38.1 Å². The minimum Gasteiger partial charge on any atom is -0.370 e. The Balaban J connectivity index is 3.34. The van der Waals surface area contributed by atoms with Crippen molar-refractivity contribution in [1.82, 2.24) is 42.3 Å². The minimum absolute atomic E-state index is 0.0190. The van der Waals surface area contributed by atoms with Crippen LogP contribution in [-0.2, 0) is 59.2 Å². The first-order valence-electron chi connectivity index (χ1n) is 22.9. The Labute approximate surface area is 403 Å². The van der Waals surface area contributed by atoms with Crippen LogP contribution in [0.5, 0.6) is 0 Å². The Kier molecular flexibility index (Phi) is 28.2. The van der Waals surface area contributed by atoms with Gasteiger partial charge in [0, 0.05) is 25.8 Å². The van der Waals surface area contributed by atoms with Gasteiger partial charge in [-0.25, -0.2) is 10.9 Å². The highest BCUT2D eigenvalue weighted by molar-refractivity contribution is 7.80. The number of thiol groups is 1. The smallest absolute Gasteiger partial charge is 0.243 e. The molecule has 0 aromatic heterocycles. The van der Waals surface area contributed by atoms with Gasteiger partial charge in [0.25, 0.3) is 0 Å². The third-order valence-corrected chi connectivity index (χ3v) is 11.0. The number of amides is 9. The highest BCUT2D eigenvalue weighted by Crippen LogP contribution is 2.14. The molecule has 1 rings (SSSR count). The van der Waals surface area contributed by atoms with Gasteiger partial charge in [-0.3, -0.25) is 52.7 Å². The third kappa shape index (κ3) is 23.2. The van der Waals surface area contributed by atoms with E-state index in [9.17, 15) is 52.7 Å². The second-order valence-electron chi connectivity index (χ2n) is 17.1. The predicted molar refractivity (Wildman–Crippen MR) is 255 cm³/mol. The Morgan fingerprint density at radius 2 is 1.29 bits per heavy atom. The number of primary amides is 3. The van der Waals surface area contributed by atoms with Gasteiger partial charge in [-0.15, -0.1) is 0 Å². The minimum atomic E-state index is -1.55. The lowest BCUT2D eigenvalue weighted by Crippen LogP contribution is -2.61. The first-order chi connectivity index (χ1) is 32.0. The zero-order chi connectivity index (χ0) is 51.5. The molecule has 13 N–H and O–H groups in total. The summed E-state index contributed by atoms with van der Waals surface area (Å²) in [6, 6.07) is 0.722. The molecule has 0 spiro atoms. The lowest BCUT2D eigenvalue weighted by molar-refractivity contribution is -0.142. The van der Waals surface area contributed by atoms with Gasteiger partial charge in [0.05, 0.1) is 37.6 Å². The molecule has 380 valence electrons. The van der Waals surface area contributed by atoms with Crippen LogP contribution >= 0.6 is 12.6 Å². The van der Waals surface area contributed by atoms with Crippen LogP contribution in [0.3, 0.4) is 0 Å². The Morgan fingerprint density at radius 3 is 1.85 bits per heavy atom. The lowest BCUT2D eigenvalue weighted by atomic mass is 9.89. The summed E-state index contributed by atoms with van der Waals surface area (Å²) in [6.45, 7) is 9.53. The summed E-state index contributed by atoms with van der Waals surface area (Å²) >= 11 is 4.13. The molecule has 0 saturated heterocycles. The van der Waals surface area contributed by atoms with Crippen molar-refractivity contribution in [3.05, 3.63) is 35.9 Å². The number of nitrogens with two attached hydrogens (primary N) is 3. The first kappa shape index (κ1) is 60.1. The van der Waals surface area contributed by atoms with Gasteiger partial charge >= 0.3 is 0 Å². The summed E-state index contributed by atoms with van der Waals surface area (Å²) in [5.74, 6) is -9.14. The standard InChI is InChI=1S/C45H73N11O11S/c1-7-9-19-56(25-38(61)51-32(21-26(3)4)42(64)49-24-36(48)59)45(67)28(6)54-55-33(23-35(47)58)44(66)52-30(17-18-34(46)57)43(65)53-39(27(5)8-2)41(63)40(62)31(50-37(60)16-13-20-68)22-29-14-11-10-12-15-29/h10-12,14-15,26-28,30-33,39,54-55,68H,7-9,13,16-25H2,1-6H3,(H2,46,57)(H2,47,58)(H2,48,59)(H,49,64)(H,50,60)(H,51,61)(H,52,66)(H,53,65)/t27-,28-,30-,31-,32-,33-,39?/m0/s1. The number of unbranched alkanes of at least 4 members (excludes halogenated alkanes) is 1. The fourth-order valence-electron chi connectivity index (χ4n) is 6.68. The quantitative estimate of drug-likeness (QED) is 0.0206. The maximum Gasteiger partial charge on any atom is 0.243 e. The van der Waals surface area contributed by atoms with Crippen molar-refractivity contribution in [2.24, 2.45) is 29.0 Å². The second kappa shape index (κ2) is 31.9. The van der Waals surface area contributed by atoms with Crippen molar-refractivity contribution in [3.63, 3.8) is 0 Å². The first-order valence-corrected chi connectivity index (χ1v) is 23.5. The van der Waals surface area contributed by atoms with Gasteiger partial charge in [-0.1, -0.05) is 77.8 Å². The average Bonchev–Trinajstić information content (AvgIpc) is 3.28. The van der Waals surface area contributed by atoms with Crippen LogP contribution in [0.25, 0.3) is 0 Å². The normalized spacial score (nSPS) is 14.1. The number of hydrogen-bond acceptors (Lipinski definition) is 14. The summed E-state index contributed by atoms with van der Waals surface area (Å²) in [4.78, 5) is 145. The molecule has 0 bridgehead atoms. The van der Waals surface area contributed by atoms with Gasteiger partial charge < -0.3 is 48.7 Å². The van der Waals surface area contributed by atoms with Crippen molar-refractivity contribution < 1.29 is 52.7 Å². The van der Waals surface area contributed by atoms with E-state index in [1.807, 2.05) is 20.8 Å². The van der Waals surface area contributed by atoms with Crippen molar-refractivity contribution in [3.8, 4) is 0 Å². The van der Waals surface area contributed by atoms with Gasteiger partial charge in [0.2, 0.25) is 64.7 Å². The van der Waals surface area contributed by atoms with Crippen LogP contribution in [0.2, 0.25) is 0 Å². The van der Waals surface area contributed by atoms with Gasteiger partial charge in [0.15, 0.2) is 0 Å². The molecule has 0 aliphatic heterocycles. The molecule has 1 unspecified atom stereocenters. The number of Topliss-reactive ketones (excluding diaryl/α,β-unsaturated/α-hetero) is 2. The summed E-state index contributed by atoms with van der Waals surface area (Å²) in [6.07, 6.45) is 0.688. The SMILES string of the molecule is CCCCN(CC(=O)N[C@@H](CC(C)C)C(=O)NCC(N)=O)C(=O)[C@H](C)NN[C@@H](CC(N)=O)C(=O)N[C@@H](CCC(N)=O)C(=O)NC(C(=O)C(=O)[C@H](Cc1ccccc1)NC(=O)CCCS)[C@@H](C)CC. The summed E-state index contributed by atoms with van der Waals surface area (Å²) in [5.41, 5.74) is 21.9. The van der Waals surface area contributed by atoms with Gasteiger partial charge in [-0.2, -0.15) is 12.6 Å². The van der Waals surface area contributed by atoms with E-state index in [0.717, 1.165) is 0 Å². The molecule has 23 heteroatoms. The molecule has 68 heavy (non-hydrogen) atoms. The van der Waals surface area contributed by atoms with Crippen LogP contribution in [0.1, 0.15) is 105 Å². The van der Waals surface area contributed by atoms with E-state index < -0.39 is 133 Å². The van der Waals surface area contributed by atoms with Gasteiger partial charge in [0.1, 0.15) is 18.1 Å². The molecule has 7 atom stereocenters. The van der Waals surface area contributed by atoms with Crippen LogP contribution in [0.15, 0.2) is 30.3 Å². The molecule has 0 radical (unpaired) electrons. The van der Waals surface area contributed by atoms with E-state index >= 15 is 0 Å². The summed E-state index contributed by atoms with van der Waals surface area (Å²) in [5, 5.41) is 12.6. The highest BCUT2D eigenvalue weighted by atomic mass is 32.1. The number of rotatable bonds is 35. The Hall–Kier alpha value is -5.94. The number of hydrazine groups is 1. The molecule has 22 nitrogen and oxygen atoms in total. The molecule has 0 fully saturated rings. The Bertz CT molecular complexity index is 1890. The number of nitrogens with zero attached hydrogens (tertiary/aromatic N) is 1. The molecule has 1 aromatic carbocycles. The molecular formula is C45H73N11O11S. The third-order valence-electron chi connectivity index (χ3n) is 10.6. The van der Waals surface area contributed by atoms with E-state index in [1.54, 1.807) is 44.2 Å². The van der Waals surface area contributed by atoms with Crippen LogP contribution in [0.4, 0.5) is 0 Å². The number of nitrogens with one attached hydrogen (secondary N) is 7. The monoisotopic (exact) mass is 976 g/mol. The molecule has 0 saturated carbocycles. The largest absolute Gasteiger partial charge is 0.370 e. The lowest BCUT2D eigenvalue weighted by Gasteiger charge is -2.29. The van der Waals surface area contributed by atoms with Crippen LogP contribution in [0, 0.1) is 11.8 Å². The van der Waals surface area contributed by atoms with E-state index in [4.69, 9.17) is 17.2 Å². The highest BCUT2D eigenvalue weighted by Gasteiger charge is 2.38. The van der Waals surface area contributed by atoms with Gasteiger partial charge in [-0.05, 0) is 55.8 Å². The van der Waals surface area contributed by atoms with Crippen molar-refractivity contribution in [2.75, 3.05) is 25.4 Å². The van der Waals surface area contributed by atoms with E-state index in [1.165, 1.54) is 11.8 Å². The molecule has 0 aliphatic carbocycles. The average molecular weight is 976 g/mol. The molecule has 0 heterocycles. The fraction of sp³-hybridized carbons (Fsp3) is 0.622. The maximum atomic E-state index is 14.0. The van der Waals surface area contributed by atoms with E-state index in [2.05, 4.69) is 50.1 Å².